The number of fused-ring (bicyclic) bond motifs is 2. The van der Waals surface area contributed by atoms with Crippen LogP contribution in [0, 0.1) is 0 Å². The van der Waals surface area contributed by atoms with Gasteiger partial charge in [0, 0.05) is 11.9 Å². The van der Waals surface area contributed by atoms with E-state index >= 15 is 0 Å². The Kier molecular flexibility index (Phi) is 6.09. The van der Waals surface area contributed by atoms with Crippen LogP contribution in [-0.2, 0) is 6.54 Å². The zero-order valence-corrected chi connectivity index (χ0v) is 19.2. The Morgan fingerprint density at radius 1 is 1.03 bits per heavy atom. The summed E-state index contributed by atoms with van der Waals surface area (Å²) < 4.78 is 8.34. The summed E-state index contributed by atoms with van der Waals surface area (Å²) in [5.41, 5.74) is 1.99. The first kappa shape index (κ1) is 21.2. The minimum Gasteiger partial charge on any atom is -0.493 e. The first-order chi connectivity index (χ1) is 16.2. The molecule has 6 heteroatoms. The number of hydrogen-bond donors (Lipinski definition) is 1. The molecule has 0 aliphatic carbocycles. The summed E-state index contributed by atoms with van der Waals surface area (Å²) in [7, 11) is 0. The average molecular weight is 456 g/mol. The number of hydrogen-bond acceptors (Lipinski definition) is 4. The second kappa shape index (κ2) is 9.46. The first-order valence-electron chi connectivity index (χ1n) is 11.1. The molecule has 1 atom stereocenters. The molecule has 1 amide bonds. The van der Waals surface area contributed by atoms with Crippen molar-refractivity contribution in [3.8, 4) is 5.75 Å². The lowest BCUT2D eigenvalue weighted by atomic mass is 10.1. The Balaban J connectivity index is 1.31. The van der Waals surface area contributed by atoms with E-state index in [1.54, 1.807) is 0 Å². The van der Waals surface area contributed by atoms with E-state index < -0.39 is 0 Å². The topological polar surface area (TPSA) is 56.2 Å². The number of benzene rings is 3. The van der Waals surface area contributed by atoms with Crippen LogP contribution in [-0.4, -0.2) is 22.1 Å². The maximum Gasteiger partial charge on any atom is 0.261 e. The van der Waals surface area contributed by atoms with Crippen LogP contribution in [0.15, 0.2) is 84.2 Å². The van der Waals surface area contributed by atoms with Gasteiger partial charge < -0.3 is 14.6 Å². The summed E-state index contributed by atoms with van der Waals surface area (Å²) in [5, 5.41) is 7.30. The molecular formula is C27H25N3O2S. The third-order valence-corrected chi connectivity index (χ3v) is 6.57. The Bertz CT molecular complexity index is 1390. The van der Waals surface area contributed by atoms with Crippen molar-refractivity contribution in [1.29, 1.82) is 0 Å². The summed E-state index contributed by atoms with van der Waals surface area (Å²) in [6.07, 6.45) is 0.822. The molecule has 3 aromatic carbocycles. The van der Waals surface area contributed by atoms with Crippen LogP contribution in [0.4, 0.5) is 0 Å². The Morgan fingerprint density at radius 3 is 2.73 bits per heavy atom. The summed E-state index contributed by atoms with van der Waals surface area (Å²) in [4.78, 5) is 18.1. The second-order valence-electron chi connectivity index (χ2n) is 7.96. The highest BCUT2D eigenvalue weighted by Crippen LogP contribution is 2.26. The zero-order valence-electron chi connectivity index (χ0n) is 18.4. The van der Waals surface area contributed by atoms with Crippen LogP contribution in [0.25, 0.3) is 21.8 Å². The van der Waals surface area contributed by atoms with E-state index in [1.165, 1.54) is 16.7 Å². The van der Waals surface area contributed by atoms with Crippen molar-refractivity contribution in [2.24, 2.45) is 0 Å². The second-order valence-corrected chi connectivity index (χ2v) is 8.91. The van der Waals surface area contributed by atoms with E-state index in [0.29, 0.717) is 11.5 Å². The number of rotatable bonds is 8. The summed E-state index contributed by atoms with van der Waals surface area (Å²) in [6.45, 7) is 3.32. The van der Waals surface area contributed by atoms with Gasteiger partial charge in [-0.05, 0) is 48.4 Å². The maximum atomic E-state index is 12.6. The number of aromatic nitrogens is 2. The van der Waals surface area contributed by atoms with E-state index in [4.69, 9.17) is 9.72 Å². The van der Waals surface area contributed by atoms with Gasteiger partial charge in [0.25, 0.3) is 5.91 Å². The van der Waals surface area contributed by atoms with Crippen LogP contribution >= 0.6 is 11.3 Å². The highest BCUT2D eigenvalue weighted by atomic mass is 32.1. The van der Waals surface area contributed by atoms with Gasteiger partial charge in [0.2, 0.25) is 0 Å². The van der Waals surface area contributed by atoms with E-state index in [2.05, 4.69) is 34.1 Å². The number of nitrogens with one attached hydrogen (secondary N) is 1. The fourth-order valence-electron chi connectivity index (χ4n) is 4.13. The molecule has 0 aliphatic rings. The van der Waals surface area contributed by atoms with Crippen molar-refractivity contribution in [2.75, 3.05) is 6.61 Å². The van der Waals surface area contributed by atoms with Crippen molar-refractivity contribution in [2.45, 2.75) is 25.9 Å². The number of imidazole rings is 1. The molecule has 5 aromatic rings. The molecular weight excluding hydrogens is 430 g/mol. The molecule has 2 aromatic heterocycles. The van der Waals surface area contributed by atoms with E-state index in [1.807, 2.05) is 66.9 Å². The predicted octanol–water partition coefficient (Wildman–Crippen LogP) is 6.21. The Labute approximate surface area is 196 Å². The largest absolute Gasteiger partial charge is 0.493 e. The van der Waals surface area contributed by atoms with Crippen LogP contribution in [0.2, 0.25) is 0 Å². The van der Waals surface area contributed by atoms with Crippen LogP contribution < -0.4 is 10.1 Å². The average Bonchev–Trinajstić information content (AvgIpc) is 3.51. The quantitative estimate of drug-likeness (QED) is 0.283. The molecule has 1 N–H and O–H groups in total. The zero-order chi connectivity index (χ0) is 22.6. The minimum absolute atomic E-state index is 0.0737. The molecule has 0 fully saturated rings. The van der Waals surface area contributed by atoms with Crippen LogP contribution in [0.3, 0.4) is 0 Å². The summed E-state index contributed by atoms with van der Waals surface area (Å²) >= 11 is 1.44. The molecule has 166 valence electrons. The predicted molar refractivity (Wildman–Crippen MR) is 134 cm³/mol. The maximum absolute atomic E-state index is 12.6. The van der Waals surface area contributed by atoms with Crippen molar-refractivity contribution < 1.29 is 9.53 Å². The number of ether oxygens (including phenoxy) is 1. The Hall–Kier alpha value is -3.64. The van der Waals surface area contributed by atoms with Gasteiger partial charge >= 0.3 is 0 Å². The number of aryl methyl sites for hydroxylation is 1. The molecule has 5 rings (SSSR count). The van der Waals surface area contributed by atoms with E-state index in [0.717, 1.165) is 41.0 Å². The minimum atomic E-state index is -0.217. The molecule has 0 saturated carbocycles. The molecule has 0 radical (unpaired) electrons. The number of para-hydroxylation sites is 2. The lowest BCUT2D eigenvalue weighted by Gasteiger charge is -2.16. The van der Waals surface area contributed by atoms with Crippen LogP contribution in [0.5, 0.6) is 5.75 Å². The molecule has 0 spiro atoms. The number of thiophene rings is 1. The van der Waals surface area contributed by atoms with Crippen molar-refractivity contribution >= 4 is 39.0 Å². The molecule has 0 bridgehead atoms. The summed E-state index contributed by atoms with van der Waals surface area (Å²) in [5.74, 6) is 1.68. The third-order valence-electron chi connectivity index (χ3n) is 5.70. The molecule has 0 saturated heterocycles. The molecule has 1 unspecified atom stereocenters. The lowest BCUT2D eigenvalue weighted by molar-refractivity contribution is 0.0941. The number of carbonyl (C=O) groups excluding carboxylic acids is 1. The fraction of sp³-hybridized carbons (Fsp3) is 0.185. The van der Waals surface area contributed by atoms with Crippen LogP contribution in [0.1, 0.15) is 34.9 Å². The van der Waals surface area contributed by atoms with Gasteiger partial charge in [-0.25, -0.2) is 4.98 Å². The number of nitrogens with zero attached hydrogens (tertiary/aromatic N) is 2. The number of amides is 1. The van der Waals surface area contributed by atoms with Crippen molar-refractivity contribution in [3.63, 3.8) is 0 Å². The molecule has 0 aliphatic heterocycles. The van der Waals surface area contributed by atoms with Gasteiger partial charge in [-0.15, -0.1) is 11.3 Å². The van der Waals surface area contributed by atoms with Gasteiger partial charge in [-0.1, -0.05) is 54.6 Å². The monoisotopic (exact) mass is 455 g/mol. The van der Waals surface area contributed by atoms with Gasteiger partial charge in [0.15, 0.2) is 0 Å². The normalized spacial score (nSPS) is 12.2. The Morgan fingerprint density at radius 2 is 1.85 bits per heavy atom. The van der Waals surface area contributed by atoms with Gasteiger partial charge in [-0.2, -0.15) is 0 Å². The summed E-state index contributed by atoms with van der Waals surface area (Å²) in [6, 6.07) is 26.0. The van der Waals surface area contributed by atoms with Crippen molar-refractivity contribution in [3.05, 3.63) is 94.9 Å². The molecule has 2 heterocycles. The van der Waals surface area contributed by atoms with E-state index in [-0.39, 0.29) is 11.9 Å². The highest BCUT2D eigenvalue weighted by molar-refractivity contribution is 7.12. The molecule has 5 nitrogen and oxygen atoms in total. The van der Waals surface area contributed by atoms with Gasteiger partial charge in [0.1, 0.15) is 11.6 Å². The lowest BCUT2D eigenvalue weighted by Crippen LogP contribution is -2.28. The molecule has 33 heavy (non-hydrogen) atoms. The highest BCUT2D eigenvalue weighted by Gasteiger charge is 2.19. The number of carbonyl (C=O) groups is 1. The standard InChI is InChI=1S/C27H25N3O2S/c1-19(28-27(31)25-15-7-18-33-25)26-29-22-12-4-5-13-23(22)30(26)16-8-17-32-24-14-6-10-20-9-2-3-11-21(20)24/h2-7,9-15,18-19H,8,16-17H2,1H3,(H,28,31). The van der Waals surface area contributed by atoms with Gasteiger partial charge in [0.05, 0.1) is 28.6 Å². The van der Waals surface area contributed by atoms with Gasteiger partial charge in [-0.3, -0.25) is 4.79 Å². The SMILES string of the molecule is CC(NC(=O)c1cccs1)c1nc2ccccc2n1CCCOc1cccc2ccccc12. The smallest absolute Gasteiger partial charge is 0.261 e. The fourth-order valence-corrected chi connectivity index (χ4v) is 4.75. The third kappa shape index (κ3) is 4.47. The van der Waals surface area contributed by atoms with Crippen molar-refractivity contribution in [1.82, 2.24) is 14.9 Å². The first-order valence-corrected chi connectivity index (χ1v) is 12.0. The van der Waals surface area contributed by atoms with E-state index in [9.17, 15) is 4.79 Å².